The second-order valence-corrected chi connectivity index (χ2v) is 13.0. The Morgan fingerprint density at radius 1 is 0.318 bits per heavy atom. The maximum Gasteiger partial charge on any atom is 0.0765 e. The van der Waals surface area contributed by atoms with E-state index in [0.29, 0.717) is 0 Å². The second-order valence-electron chi connectivity index (χ2n) is 13.0. The van der Waals surface area contributed by atoms with Crippen molar-refractivity contribution in [2.24, 2.45) is 0 Å². The smallest absolute Gasteiger partial charge is 0.0765 e. The van der Waals surface area contributed by atoms with Gasteiger partial charge in [-0.15, -0.1) is 0 Å². The highest BCUT2D eigenvalue weighted by molar-refractivity contribution is 6.03. The quantitative estimate of drug-likeness (QED) is 0.177. The van der Waals surface area contributed by atoms with Crippen LogP contribution in [0.4, 0.5) is 0 Å². The SMILES string of the molecule is c1cc2c3c(c1)ccn3-c1c3c(c4c5c1-n1ccc6cccc(c61)C5c1cccc5ccn-4c15)-n1ccc4cccc(c41)C32. The van der Waals surface area contributed by atoms with Gasteiger partial charge in [-0.2, -0.15) is 0 Å². The standard InChI is InChI=1S/C40H22N4/c1-5-21-13-17-41-33(21)25(9-1)29-26-10-2-6-22-14-18-42(34(22)26)38-31(29)37(41)39-32-30(27-11-3-7-23-15-19-43(39)35(23)27)28-12-4-8-24-16-20-44(36(24)28)40(32)38/h1-20,29-30H. The predicted molar refractivity (Wildman–Crippen MR) is 176 cm³/mol. The highest BCUT2D eigenvalue weighted by Crippen LogP contribution is 2.60. The van der Waals surface area contributed by atoms with Crippen molar-refractivity contribution in [3.63, 3.8) is 0 Å². The van der Waals surface area contributed by atoms with Crippen LogP contribution in [0.15, 0.2) is 122 Å². The van der Waals surface area contributed by atoms with E-state index in [-0.39, 0.29) is 11.8 Å². The van der Waals surface area contributed by atoms with Crippen LogP contribution in [0.2, 0.25) is 0 Å². The summed E-state index contributed by atoms with van der Waals surface area (Å²) in [5.74, 6) is 0.285. The number of hydrogen-bond donors (Lipinski definition) is 0. The minimum absolute atomic E-state index is 0.142. The van der Waals surface area contributed by atoms with Gasteiger partial charge in [0.1, 0.15) is 0 Å². The molecule has 0 fully saturated rings. The molecule has 4 heteroatoms. The van der Waals surface area contributed by atoms with Crippen molar-refractivity contribution in [3.05, 3.63) is 155 Å². The number of benzene rings is 5. The van der Waals surface area contributed by atoms with Crippen LogP contribution in [-0.2, 0) is 0 Å². The third kappa shape index (κ3) is 2.00. The Morgan fingerprint density at radius 3 is 0.864 bits per heavy atom. The summed E-state index contributed by atoms with van der Waals surface area (Å²) >= 11 is 0. The fourth-order valence-corrected chi connectivity index (χ4v) is 9.78. The van der Waals surface area contributed by atoms with Gasteiger partial charge in [-0.3, -0.25) is 0 Å². The summed E-state index contributed by atoms with van der Waals surface area (Å²) in [6.45, 7) is 0. The van der Waals surface area contributed by atoms with Crippen molar-refractivity contribution in [3.8, 4) is 22.7 Å². The third-order valence-electron chi connectivity index (χ3n) is 11.2. The van der Waals surface area contributed by atoms with E-state index in [9.17, 15) is 0 Å². The molecular weight excluding hydrogens is 536 g/mol. The van der Waals surface area contributed by atoms with Crippen LogP contribution in [0.5, 0.6) is 0 Å². The first-order chi connectivity index (χ1) is 21.9. The van der Waals surface area contributed by atoms with Crippen LogP contribution in [-0.4, -0.2) is 18.3 Å². The Labute approximate surface area is 251 Å². The topological polar surface area (TPSA) is 19.7 Å². The number of hydrogen-bond acceptors (Lipinski definition) is 0. The van der Waals surface area contributed by atoms with E-state index in [4.69, 9.17) is 0 Å². The van der Waals surface area contributed by atoms with Crippen LogP contribution < -0.4 is 0 Å². The van der Waals surface area contributed by atoms with E-state index in [0.717, 1.165) is 0 Å². The molecule has 4 nitrogen and oxygen atoms in total. The lowest BCUT2D eigenvalue weighted by atomic mass is 9.72. The monoisotopic (exact) mass is 558 g/mol. The Morgan fingerprint density at radius 2 is 0.591 bits per heavy atom. The number of rotatable bonds is 0. The molecule has 0 spiro atoms. The zero-order valence-electron chi connectivity index (χ0n) is 23.5. The number of para-hydroxylation sites is 4. The summed E-state index contributed by atoms with van der Waals surface area (Å²) < 4.78 is 10.1. The van der Waals surface area contributed by atoms with Crippen molar-refractivity contribution >= 4 is 43.6 Å². The Kier molecular flexibility index (Phi) is 3.15. The van der Waals surface area contributed by atoms with Gasteiger partial charge in [0, 0.05) is 69.3 Å². The van der Waals surface area contributed by atoms with Gasteiger partial charge in [-0.05, 0) is 46.5 Å². The van der Waals surface area contributed by atoms with Crippen molar-refractivity contribution in [2.75, 3.05) is 0 Å². The van der Waals surface area contributed by atoms with E-state index in [1.807, 2.05) is 0 Å². The van der Waals surface area contributed by atoms with Crippen LogP contribution in [0.25, 0.3) is 66.4 Å². The fraction of sp³-hybridized carbons (Fsp3) is 0.0500. The van der Waals surface area contributed by atoms with Gasteiger partial charge >= 0.3 is 0 Å². The maximum absolute atomic E-state index is 2.52. The van der Waals surface area contributed by atoms with Gasteiger partial charge in [0.2, 0.25) is 0 Å². The van der Waals surface area contributed by atoms with E-state index in [1.54, 1.807) is 0 Å². The van der Waals surface area contributed by atoms with Gasteiger partial charge in [-0.25, -0.2) is 0 Å². The molecule has 0 aliphatic carbocycles. The van der Waals surface area contributed by atoms with Gasteiger partial charge in [0.25, 0.3) is 0 Å². The summed E-state index contributed by atoms with van der Waals surface area (Å²) in [4.78, 5) is 0. The van der Waals surface area contributed by atoms with Crippen LogP contribution in [0.3, 0.4) is 0 Å². The Bertz CT molecular complexity index is 2460. The summed E-state index contributed by atoms with van der Waals surface area (Å²) in [6.07, 6.45) is 9.26. The summed E-state index contributed by atoms with van der Waals surface area (Å²) in [7, 11) is 0. The predicted octanol–water partition coefficient (Wildman–Crippen LogP) is 9.08. The van der Waals surface area contributed by atoms with Crippen molar-refractivity contribution in [2.45, 2.75) is 11.8 Å². The lowest BCUT2D eigenvalue weighted by molar-refractivity contribution is 0.807. The molecular formula is C40H22N4. The largest absolute Gasteiger partial charge is 0.314 e. The second kappa shape index (κ2) is 6.58. The molecule has 0 bridgehead atoms. The first-order valence-electron chi connectivity index (χ1n) is 15.5. The zero-order chi connectivity index (χ0) is 28.0. The highest BCUT2D eigenvalue weighted by atomic mass is 15.1. The Balaban J connectivity index is 1.38. The number of fused-ring (bicyclic) bond motifs is 10. The lowest BCUT2D eigenvalue weighted by Gasteiger charge is -2.43. The average Bonchev–Trinajstić information content (AvgIpc) is 3.87. The van der Waals surface area contributed by atoms with Crippen LogP contribution >= 0.6 is 0 Å². The minimum Gasteiger partial charge on any atom is -0.314 e. The van der Waals surface area contributed by atoms with E-state index < -0.39 is 0 Å². The van der Waals surface area contributed by atoms with E-state index in [1.165, 1.54) is 99.7 Å². The molecule has 0 amide bonds. The molecule has 4 aliphatic heterocycles. The van der Waals surface area contributed by atoms with Crippen LogP contribution in [0, 0.1) is 0 Å². The molecule has 8 heterocycles. The molecule has 202 valence electrons. The first kappa shape index (κ1) is 21.0. The molecule has 44 heavy (non-hydrogen) atoms. The van der Waals surface area contributed by atoms with Crippen molar-refractivity contribution in [1.29, 1.82) is 0 Å². The van der Waals surface area contributed by atoms with Crippen molar-refractivity contribution in [1.82, 2.24) is 18.3 Å². The fourth-order valence-electron chi connectivity index (χ4n) is 9.78. The molecule has 4 aliphatic rings. The number of aromatic nitrogens is 4. The molecule has 0 atom stereocenters. The van der Waals surface area contributed by atoms with Gasteiger partial charge < -0.3 is 18.3 Å². The van der Waals surface area contributed by atoms with Crippen molar-refractivity contribution < 1.29 is 0 Å². The molecule has 0 N–H and O–H groups in total. The molecule has 0 saturated heterocycles. The summed E-state index contributed by atoms with van der Waals surface area (Å²) in [6, 6.07) is 36.8. The highest BCUT2D eigenvalue weighted by Gasteiger charge is 2.46. The Hall–Kier alpha value is -5.74. The molecule has 4 aromatic heterocycles. The lowest BCUT2D eigenvalue weighted by Crippen LogP contribution is -2.30. The summed E-state index contributed by atoms with van der Waals surface area (Å²) in [5, 5.41) is 5.21. The number of nitrogens with zero attached hydrogens (tertiary/aromatic N) is 4. The normalized spacial score (nSPS) is 15.1. The molecule has 0 saturated carbocycles. The maximum atomic E-state index is 2.52. The molecule has 0 radical (unpaired) electrons. The van der Waals surface area contributed by atoms with Gasteiger partial charge in [-0.1, -0.05) is 72.8 Å². The first-order valence-corrected chi connectivity index (χ1v) is 15.5. The van der Waals surface area contributed by atoms with Gasteiger partial charge in [0.15, 0.2) is 0 Å². The molecule has 0 unspecified atom stereocenters. The average molecular weight is 559 g/mol. The van der Waals surface area contributed by atoms with E-state index >= 15 is 0 Å². The summed E-state index contributed by atoms with van der Waals surface area (Å²) in [5.41, 5.74) is 19.1. The molecule has 13 rings (SSSR count). The van der Waals surface area contributed by atoms with E-state index in [2.05, 4.69) is 140 Å². The van der Waals surface area contributed by atoms with Gasteiger partial charge in [0.05, 0.1) is 44.8 Å². The van der Waals surface area contributed by atoms with Crippen LogP contribution in [0.1, 0.15) is 45.2 Å². The zero-order valence-corrected chi connectivity index (χ0v) is 23.5. The minimum atomic E-state index is 0.142. The molecule has 9 aromatic rings. The third-order valence-corrected chi connectivity index (χ3v) is 11.2. The molecule has 5 aromatic carbocycles.